The number of aryl methyl sites for hydroxylation is 1. The van der Waals surface area contributed by atoms with Gasteiger partial charge in [-0.3, -0.25) is 9.59 Å². The molecule has 1 atom stereocenters. The van der Waals surface area contributed by atoms with Crippen molar-refractivity contribution in [3.63, 3.8) is 0 Å². The molecule has 2 N–H and O–H groups in total. The summed E-state index contributed by atoms with van der Waals surface area (Å²) < 4.78 is 13.2. The predicted octanol–water partition coefficient (Wildman–Crippen LogP) is 6.33. The minimum absolute atomic E-state index is 0.137. The highest BCUT2D eigenvalue weighted by Gasteiger charge is 2.14. The molecule has 35 heavy (non-hydrogen) atoms. The van der Waals surface area contributed by atoms with Gasteiger partial charge in [0.2, 0.25) is 0 Å². The molecule has 0 aliphatic carbocycles. The van der Waals surface area contributed by atoms with Gasteiger partial charge in [-0.15, -0.1) is 0 Å². The van der Waals surface area contributed by atoms with E-state index in [0.717, 1.165) is 39.7 Å². The third kappa shape index (κ3) is 6.09. The maximum Gasteiger partial charge on any atom is 0.303 e. The van der Waals surface area contributed by atoms with Gasteiger partial charge < -0.3 is 10.4 Å². The van der Waals surface area contributed by atoms with E-state index < -0.39 is 5.97 Å². The maximum atomic E-state index is 13.2. The molecule has 0 aliphatic heterocycles. The van der Waals surface area contributed by atoms with Gasteiger partial charge in [0.1, 0.15) is 5.82 Å². The number of aromatic nitrogens is 1. The first-order chi connectivity index (χ1) is 16.9. The number of carbonyl (C=O) groups is 2. The van der Waals surface area contributed by atoms with Gasteiger partial charge in [-0.25, -0.2) is 9.37 Å². The van der Waals surface area contributed by atoms with E-state index in [-0.39, 0.29) is 24.2 Å². The summed E-state index contributed by atoms with van der Waals surface area (Å²) in [5, 5.41) is 12.8. The Bertz CT molecular complexity index is 1340. The van der Waals surface area contributed by atoms with E-state index >= 15 is 0 Å². The van der Waals surface area contributed by atoms with Crippen LogP contribution in [-0.2, 0) is 11.2 Å². The molecule has 6 heteroatoms. The molecule has 1 amide bonds. The fraction of sp³-hybridized carbons (Fsp3) is 0.207. The largest absolute Gasteiger partial charge is 0.481 e. The van der Waals surface area contributed by atoms with Crippen LogP contribution in [0.5, 0.6) is 0 Å². The Hall–Kier alpha value is -4.06. The van der Waals surface area contributed by atoms with Crippen LogP contribution in [0.4, 0.5) is 4.39 Å². The number of carboxylic acid groups (broad SMARTS) is 1. The van der Waals surface area contributed by atoms with E-state index in [0.29, 0.717) is 18.4 Å². The smallest absolute Gasteiger partial charge is 0.303 e. The summed E-state index contributed by atoms with van der Waals surface area (Å²) in [6, 6.07) is 23.2. The second-order valence-electron chi connectivity index (χ2n) is 8.62. The van der Waals surface area contributed by atoms with E-state index in [2.05, 4.69) is 5.32 Å². The maximum absolute atomic E-state index is 13.2. The number of hydrogen-bond acceptors (Lipinski definition) is 3. The normalized spacial score (nSPS) is 11.8. The van der Waals surface area contributed by atoms with Crippen LogP contribution in [0.2, 0.25) is 0 Å². The summed E-state index contributed by atoms with van der Waals surface area (Å²) in [5.41, 5.74) is 5.00. The van der Waals surface area contributed by atoms with Crippen molar-refractivity contribution in [1.82, 2.24) is 10.3 Å². The fourth-order valence-electron chi connectivity index (χ4n) is 4.10. The zero-order chi connectivity index (χ0) is 24.8. The Morgan fingerprint density at radius 3 is 2.43 bits per heavy atom. The Kier molecular flexibility index (Phi) is 7.51. The minimum atomic E-state index is -0.796. The molecular weight excluding hydrogens is 443 g/mol. The van der Waals surface area contributed by atoms with Gasteiger partial charge in [-0.2, -0.15) is 0 Å². The first-order valence-corrected chi connectivity index (χ1v) is 11.7. The number of benzene rings is 3. The number of halogens is 1. The van der Waals surface area contributed by atoms with Crippen LogP contribution in [0.3, 0.4) is 0 Å². The molecule has 0 saturated carbocycles. The molecule has 178 valence electrons. The van der Waals surface area contributed by atoms with Crippen molar-refractivity contribution < 1.29 is 19.1 Å². The lowest BCUT2D eigenvalue weighted by Crippen LogP contribution is -2.26. The first-order valence-electron chi connectivity index (χ1n) is 11.7. The van der Waals surface area contributed by atoms with E-state index in [1.54, 1.807) is 18.2 Å². The molecule has 3 aromatic carbocycles. The highest BCUT2D eigenvalue weighted by atomic mass is 19.1. The molecule has 1 heterocycles. The summed E-state index contributed by atoms with van der Waals surface area (Å²) >= 11 is 0. The number of nitrogens with one attached hydrogen (secondary N) is 1. The Morgan fingerprint density at radius 1 is 0.971 bits per heavy atom. The average molecular weight is 471 g/mol. The van der Waals surface area contributed by atoms with E-state index in [4.69, 9.17) is 10.1 Å². The average Bonchev–Trinajstić information content (AvgIpc) is 2.86. The van der Waals surface area contributed by atoms with Crippen LogP contribution < -0.4 is 5.32 Å². The predicted molar refractivity (Wildman–Crippen MR) is 135 cm³/mol. The number of rotatable bonds is 9. The Balaban J connectivity index is 1.61. The van der Waals surface area contributed by atoms with Crippen LogP contribution >= 0.6 is 0 Å². The number of amides is 1. The lowest BCUT2D eigenvalue weighted by Gasteiger charge is -2.15. The molecule has 0 unspecified atom stereocenters. The lowest BCUT2D eigenvalue weighted by molar-refractivity contribution is -0.137. The number of aliphatic carboxylic acids is 1. The van der Waals surface area contributed by atoms with Crippen LogP contribution in [0.1, 0.15) is 53.7 Å². The molecule has 0 bridgehead atoms. The first kappa shape index (κ1) is 24.1. The van der Waals surface area contributed by atoms with Crippen molar-refractivity contribution in [3.05, 3.63) is 101 Å². The molecule has 0 saturated heterocycles. The van der Waals surface area contributed by atoms with Crippen molar-refractivity contribution in [2.75, 3.05) is 0 Å². The summed E-state index contributed by atoms with van der Waals surface area (Å²) in [6.07, 6.45) is 2.15. The Labute approximate surface area is 203 Å². The second kappa shape index (κ2) is 10.9. The highest BCUT2D eigenvalue weighted by molar-refractivity contribution is 5.98. The quantitative estimate of drug-likeness (QED) is 0.280. The monoisotopic (exact) mass is 470 g/mol. The second-order valence-corrected chi connectivity index (χ2v) is 8.62. The third-order valence-electron chi connectivity index (χ3n) is 6.01. The summed E-state index contributed by atoms with van der Waals surface area (Å²) in [6.45, 7) is 1.86. The molecular formula is C29H27FN2O3. The van der Waals surface area contributed by atoms with Gasteiger partial charge in [0.25, 0.3) is 5.91 Å². The summed E-state index contributed by atoms with van der Waals surface area (Å²) in [7, 11) is 0. The minimum Gasteiger partial charge on any atom is -0.481 e. The van der Waals surface area contributed by atoms with E-state index in [1.165, 1.54) is 12.1 Å². The number of hydrogen-bond donors (Lipinski definition) is 2. The van der Waals surface area contributed by atoms with Crippen molar-refractivity contribution in [2.24, 2.45) is 0 Å². The SMILES string of the molecule is C[C@@H](NC(=O)c1ccc2nc(-c3ccccc3)c(CCCCC(=O)O)cc2c1)c1ccc(F)cc1. The van der Waals surface area contributed by atoms with Crippen LogP contribution in [-0.4, -0.2) is 22.0 Å². The van der Waals surface area contributed by atoms with Crippen molar-refractivity contribution >= 4 is 22.8 Å². The molecule has 0 fully saturated rings. The number of carbonyl (C=O) groups excluding carboxylic acids is 1. The molecule has 4 rings (SSSR count). The summed E-state index contributed by atoms with van der Waals surface area (Å²) in [4.78, 5) is 28.7. The lowest BCUT2D eigenvalue weighted by atomic mass is 9.98. The van der Waals surface area contributed by atoms with Gasteiger partial charge in [-0.1, -0.05) is 42.5 Å². The number of carboxylic acids is 1. The van der Waals surface area contributed by atoms with Gasteiger partial charge in [0, 0.05) is 22.9 Å². The Morgan fingerprint density at radius 2 is 1.71 bits per heavy atom. The zero-order valence-electron chi connectivity index (χ0n) is 19.5. The number of unbranched alkanes of at least 4 members (excludes halogenated alkanes) is 1. The number of nitrogens with zero attached hydrogens (tertiary/aromatic N) is 1. The molecule has 1 aromatic heterocycles. The molecule has 0 radical (unpaired) electrons. The van der Waals surface area contributed by atoms with Crippen LogP contribution in [0.25, 0.3) is 22.2 Å². The third-order valence-corrected chi connectivity index (χ3v) is 6.01. The van der Waals surface area contributed by atoms with Gasteiger partial charge >= 0.3 is 5.97 Å². The van der Waals surface area contributed by atoms with Crippen molar-refractivity contribution in [2.45, 2.75) is 38.6 Å². The van der Waals surface area contributed by atoms with Gasteiger partial charge in [-0.05, 0) is 73.7 Å². The molecule has 0 spiro atoms. The molecule has 0 aliphatic rings. The van der Waals surface area contributed by atoms with Gasteiger partial charge in [0.15, 0.2) is 0 Å². The topological polar surface area (TPSA) is 79.3 Å². The zero-order valence-corrected chi connectivity index (χ0v) is 19.5. The fourth-order valence-corrected chi connectivity index (χ4v) is 4.10. The highest BCUT2D eigenvalue weighted by Crippen LogP contribution is 2.28. The van der Waals surface area contributed by atoms with Crippen LogP contribution in [0.15, 0.2) is 78.9 Å². The number of fused-ring (bicyclic) bond motifs is 1. The standard InChI is InChI=1S/C29H27FN2O3/c1-19(20-11-14-25(30)15-12-20)31-29(35)23-13-16-26-24(18-23)17-22(9-5-6-10-27(33)34)28(32-26)21-7-3-2-4-8-21/h2-4,7-8,11-19H,5-6,9-10H2,1H3,(H,31,35)(H,33,34)/t19-/m1/s1. The number of pyridine rings is 1. The van der Waals surface area contributed by atoms with Gasteiger partial charge in [0.05, 0.1) is 17.3 Å². The van der Waals surface area contributed by atoms with E-state index in [1.807, 2.05) is 55.5 Å². The van der Waals surface area contributed by atoms with Crippen molar-refractivity contribution in [3.8, 4) is 11.3 Å². The van der Waals surface area contributed by atoms with Crippen molar-refractivity contribution in [1.29, 1.82) is 0 Å². The van der Waals surface area contributed by atoms with E-state index in [9.17, 15) is 14.0 Å². The molecule has 5 nitrogen and oxygen atoms in total. The molecule has 4 aromatic rings. The summed E-state index contributed by atoms with van der Waals surface area (Å²) in [5.74, 6) is -1.34. The van der Waals surface area contributed by atoms with Crippen LogP contribution in [0, 0.1) is 5.82 Å².